The average molecular weight is 242 g/mol. The molecule has 102 valence electrons. The molecule has 1 N–H and O–H groups in total. The summed E-state index contributed by atoms with van der Waals surface area (Å²) in [5, 5.41) is 3.43. The second kappa shape index (κ2) is 6.72. The molecular weight excluding hydrogens is 212 g/mol. The minimum Gasteiger partial charge on any atom is -0.377 e. The van der Waals surface area contributed by atoms with E-state index in [1.165, 1.54) is 19.3 Å². The van der Waals surface area contributed by atoms with Gasteiger partial charge in [0.25, 0.3) is 0 Å². The van der Waals surface area contributed by atoms with Gasteiger partial charge >= 0.3 is 0 Å². The molecule has 1 aliphatic rings. The first kappa shape index (κ1) is 14.9. The van der Waals surface area contributed by atoms with Gasteiger partial charge in [-0.2, -0.15) is 0 Å². The zero-order valence-corrected chi connectivity index (χ0v) is 12.3. The normalized spacial score (nSPS) is 24.0. The number of likely N-dealkylation sites (N-methyl/N-ethyl adjacent to an activating group) is 2. The van der Waals surface area contributed by atoms with Gasteiger partial charge in [0, 0.05) is 25.7 Å². The largest absolute Gasteiger partial charge is 0.377 e. The van der Waals surface area contributed by atoms with Crippen LogP contribution in [-0.4, -0.2) is 50.8 Å². The average Bonchev–Trinajstić information content (AvgIpc) is 2.25. The van der Waals surface area contributed by atoms with Gasteiger partial charge in [-0.25, -0.2) is 0 Å². The van der Waals surface area contributed by atoms with Gasteiger partial charge in [-0.3, -0.25) is 0 Å². The molecule has 0 aromatic heterocycles. The van der Waals surface area contributed by atoms with Crippen LogP contribution in [0.25, 0.3) is 0 Å². The summed E-state index contributed by atoms with van der Waals surface area (Å²) < 4.78 is 5.79. The number of hydrogen-bond donors (Lipinski definition) is 1. The highest BCUT2D eigenvalue weighted by atomic mass is 16.5. The standard InChI is InChI=1S/C14H30N2O/c1-14(2,3)13(15-4)11-16(5)10-12-8-6-7-9-17-12/h12-13,15H,6-11H2,1-5H3. The van der Waals surface area contributed by atoms with Gasteiger partial charge in [0.15, 0.2) is 0 Å². The molecule has 1 saturated heterocycles. The summed E-state index contributed by atoms with van der Waals surface area (Å²) in [5.41, 5.74) is 0.302. The molecule has 0 amide bonds. The van der Waals surface area contributed by atoms with Gasteiger partial charge in [0.05, 0.1) is 6.10 Å². The summed E-state index contributed by atoms with van der Waals surface area (Å²) in [6.07, 6.45) is 4.24. The van der Waals surface area contributed by atoms with Crippen molar-refractivity contribution in [3.05, 3.63) is 0 Å². The SMILES string of the molecule is CNC(CN(C)CC1CCCCO1)C(C)(C)C. The van der Waals surface area contributed by atoms with E-state index in [0.717, 1.165) is 19.7 Å². The Morgan fingerprint density at radius 2 is 2.06 bits per heavy atom. The van der Waals surface area contributed by atoms with Crippen LogP contribution in [0, 0.1) is 5.41 Å². The van der Waals surface area contributed by atoms with E-state index in [1.807, 2.05) is 0 Å². The van der Waals surface area contributed by atoms with Gasteiger partial charge < -0.3 is 15.0 Å². The Labute approximate surface area is 107 Å². The van der Waals surface area contributed by atoms with Crippen molar-refractivity contribution >= 4 is 0 Å². The Hall–Kier alpha value is -0.120. The van der Waals surface area contributed by atoms with Gasteiger partial charge in [0.2, 0.25) is 0 Å². The van der Waals surface area contributed by atoms with E-state index >= 15 is 0 Å². The first-order chi connectivity index (χ1) is 7.93. The summed E-state index contributed by atoms with van der Waals surface area (Å²) in [7, 11) is 4.26. The smallest absolute Gasteiger partial charge is 0.0701 e. The molecular formula is C14H30N2O. The predicted molar refractivity (Wildman–Crippen MR) is 73.4 cm³/mol. The maximum Gasteiger partial charge on any atom is 0.0701 e. The summed E-state index contributed by atoms with van der Waals surface area (Å²) in [6, 6.07) is 0.524. The van der Waals surface area contributed by atoms with Gasteiger partial charge in [0.1, 0.15) is 0 Å². The Bertz CT molecular complexity index is 207. The third-order valence-corrected chi connectivity index (χ3v) is 3.68. The monoisotopic (exact) mass is 242 g/mol. The van der Waals surface area contributed by atoms with Crippen molar-refractivity contribution in [3.63, 3.8) is 0 Å². The number of rotatable bonds is 5. The lowest BCUT2D eigenvalue weighted by Crippen LogP contribution is -2.48. The predicted octanol–water partition coefficient (Wildman–Crippen LogP) is 2.12. The molecule has 0 saturated carbocycles. The summed E-state index contributed by atoms with van der Waals surface area (Å²) in [5.74, 6) is 0. The van der Waals surface area contributed by atoms with E-state index in [-0.39, 0.29) is 0 Å². The van der Waals surface area contributed by atoms with Crippen LogP contribution < -0.4 is 5.32 Å². The third-order valence-electron chi connectivity index (χ3n) is 3.68. The fourth-order valence-corrected chi connectivity index (χ4v) is 2.48. The van der Waals surface area contributed by atoms with Gasteiger partial charge in [-0.1, -0.05) is 20.8 Å². The number of nitrogens with one attached hydrogen (secondary N) is 1. The molecule has 0 aromatic carbocycles. The van der Waals surface area contributed by atoms with Gasteiger partial charge in [-0.15, -0.1) is 0 Å². The highest BCUT2D eigenvalue weighted by Gasteiger charge is 2.25. The maximum absolute atomic E-state index is 5.79. The van der Waals surface area contributed by atoms with Crippen molar-refractivity contribution in [2.75, 3.05) is 33.8 Å². The second-order valence-electron chi connectivity index (χ2n) is 6.42. The van der Waals surface area contributed by atoms with E-state index in [1.54, 1.807) is 0 Å². The van der Waals surface area contributed by atoms with E-state index in [0.29, 0.717) is 17.6 Å². The maximum atomic E-state index is 5.79. The Kier molecular flexibility index (Phi) is 5.90. The minimum absolute atomic E-state index is 0.302. The first-order valence-corrected chi connectivity index (χ1v) is 6.91. The van der Waals surface area contributed by atoms with Crippen LogP contribution in [0.3, 0.4) is 0 Å². The molecule has 0 aromatic rings. The molecule has 1 aliphatic heterocycles. The zero-order valence-electron chi connectivity index (χ0n) is 12.3. The van der Waals surface area contributed by atoms with Crippen molar-refractivity contribution in [1.29, 1.82) is 0 Å². The molecule has 0 spiro atoms. The summed E-state index contributed by atoms with van der Waals surface area (Å²) >= 11 is 0. The van der Waals surface area contributed by atoms with Crippen LogP contribution in [0.2, 0.25) is 0 Å². The quantitative estimate of drug-likeness (QED) is 0.799. The molecule has 0 radical (unpaired) electrons. The van der Waals surface area contributed by atoms with Crippen LogP contribution in [0.15, 0.2) is 0 Å². The third kappa shape index (κ3) is 5.36. The lowest BCUT2D eigenvalue weighted by molar-refractivity contribution is -0.00435. The Balaban J connectivity index is 2.34. The van der Waals surface area contributed by atoms with Crippen LogP contribution in [0.1, 0.15) is 40.0 Å². The fraction of sp³-hybridized carbons (Fsp3) is 1.00. The minimum atomic E-state index is 0.302. The Morgan fingerprint density at radius 3 is 2.53 bits per heavy atom. The second-order valence-corrected chi connectivity index (χ2v) is 6.42. The molecule has 3 heteroatoms. The molecule has 0 aliphatic carbocycles. The molecule has 1 fully saturated rings. The van der Waals surface area contributed by atoms with Crippen LogP contribution in [0.5, 0.6) is 0 Å². The van der Waals surface area contributed by atoms with Crippen LogP contribution >= 0.6 is 0 Å². The van der Waals surface area contributed by atoms with Crippen molar-refractivity contribution in [2.45, 2.75) is 52.2 Å². The summed E-state index contributed by atoms with van der Waals surface area (Å²) in [6.45, 7) is 9.97. The molecule has 1 heterocycles. The molecule has 1 rings (SSSR count). The van der Waals surface area contributed by atoms with Crippen molar-refractivity contribution < 1.29 is 4.74 Å². The zero-order chi connectivity index (χ0) is 12.9. The molecule has 0 bridgehead atoms. The van der Waals surface area contributed by atoms with E-state index < -0.39 is 0 Å². The molecule has 3 nitrogen and oxygen atoms in total. The number of ether oxygens (including phenoxy) is 1. The van der Waals surface area contributed by atoms with E-state index in [2.05, 4.69) is 45.1 Å². The highest BCUT2D eigenvalue weighted by Crippen LogP contribution is 2.20. The van der Waals surface area contributed by atoms with Crippen LogP contribution in [0.4, 0.5) is 0 Å². The molecule has 2 unspecified atom stereocenters. The Morgan fingerprint density at radius 1 is 1.35 bits per heavy atom. The van der Waals surface area contributed by atoms with Crippen LogP contribution in [-0.2, 0) is 4.74 Å². The molecule has 2 atom stereocenters. The summed E-state index contributed by atoms with van der Waals surface area (Å²) in [4.78, 5) is 2.41. The van der Waals surface area contributed by atoms with Crippen molar-refractivity contribution in [3.8, 4) is 0 Å². The van der Waals surface area contributed by atoms with Crippen molar-refractivity contribution in [2.24, 2.45) is 5.41 Å². The number of nitrogens with zero attached hydrogens (tertiary/aromatic N) is 1. The lowest BCUT2D eigenvalue weighted by Gasteiger charge is -2.35. The first-order valence-electron chi connectivity index (χ1n) is 6.91. The van der Waals surface area contributed by atoms with E-state index in [4.69, 9.17) is 4.74 Å². The van der Waals surface area contributed by atoms with Gasteiger partial charge in [-0.05, 0) is 38.8 Å². The highest BCUT2D eigenvalue weighted by molar-refractivity contribution is 4.82. The molecule has 17 heavy (non-hydrogen) atoms. The topological polar surface area (TPSA) is 24.5 Å². The lowest BCUT2D eigenvalue weighted by atomic mass is 9.86. The fourth-order valence-electron chi connectivity index (χ4n) is 2.48. The van der Waals surface area contributed by atoms with Crippen molar-refractivity contribution in [1.82, 2.24) is 10.2 Å². The number of hydrogen-bond acceptors (Lipinski definition) is 3. The van der Waals surface area contributed by atoms with E-state index in [9.17, 15) is 0 Å².